The molecule has 5 rings (SSSR count). The summed E-state index contributed by atoms with van der Waals surface area (Å²) in [5, 5.41) is 18.6. The number of hydrogen-bond acceptors (Lipinski definition) is 6. The quantitative estimate of drug-likeness (QED) is 0.621. The number of nitrogens with one attached hydrogen (secondary N) is 1. The van der Waals surface area contributed by atoms with Crippen molar-refractivity contribution < 1.29 is 19.0 Å². The van der Waals surface area contributed by atoms with Crippen LogP contribution in [0.3, 0.4) is 0 Å². The predicted octanol–water partition coefficient (Wildman–Crippen LogP) is 2.34. The van der Waals surface area contributed by atoms with E-state index in [0.717, 1.165) is 37.2 Å². The minimum Gasteiger partial charge on any atom is -0.496 e. The highest BCUT2D eigenvalue weighted by molar-refractivity contribution is 6.10. The van der Waals surface area contributed by atoms with E-state index in [4.69, 9.17) is 4.74 Å². The molecule has 1 aromatic heterocycles. The van der Waals surface area contributed by atoms with Crippen molar-refractivity contribution in [3.63, 3.8) is 0 Å². The zero-order valence-corrected chi connectivity index (χ0v) is 19.2. The maximum absolute atomic E-state index is 14.6. The lowest BCUT2D eigenvalue weighted by Gasteiger charge is -2.37. The van der Waals surface area contributed by atoms with Crippen molar-refractivity contribution in [1.82, 2.24) is 10.2 Å². The molecule has 7 nitrogen and oxygen atoms in total. The van der Waals surface area contributed by atoms with Gasteiger partial charge in [0.2, 0.25) is 0 Å². The van der Waals surface area contributed by atoms with Gasteiger partial charge in [0.05, 0.1) is 30.5 Å². The summed E-state index contributed by atoms with van der Waals surface area (Å²) in [7, 11) is 1.46. The van der Waals surface area contributed by atoms with Crippen molar-refractivity contribution in [2.24, 2.45) is 4.99 Å². The second-order valence-corrected chi connectivity index (χ2v) is 9.16. The van der Waals surface area contributed by atoms with Crippen LogP contribution in [0.2, 0.25) is 0 Å². The Hall–Kier alpha value is -3.52. The third kappa shape index (κ3) is 4.09. The Kier molecular flexibility index (Phi) is 5.69. The number of ether oxygens (including phenoxy) is 1. The van der Waals surface area contributed by atoms with Gasteiger partial charge in [-0.1, -0.05) is 18.2 Å². The van der Waals surface area contributed by atoms with Gasteiger partial charge in [0.25, 0.3) is 0 Å². The standard InChI is InChI=1S/C26H27FN4O3/c1-26(33)10-12-31(13-11-26)17-8-6-16(7-9-17)24-25-20(29-30-24)14-21(32)18(15-28-25)23-19(27)4-3-5-22(23)34-2/h3-9,14,18,29,33H,10-13,15H2,1-2H3/t18-/m0/s1. The number of methoxy groups -OCH3 is 1. The van der Waals surface area contributed by atoms with Crippen LogP contribution in [0.15, 0.2) is 47.5 Å². The molecule has 3 aromatic rings. The molecule has 8 heteroatoms. The second-order valence-electron chi connectivity index (χ2n) is 9.16. The highest BCUT2D eigenvalue weighted by atomic mass is 19.1. The van der Waals surface area contributed by atoms with E-state index in [-0.39, 0.29) is 17.9 Å². The molecule has 1 atom stereocenters. The molecule has 34 heavy (non-hydrogen) atoms. The number of hydrogen-bond donors (Lipinski definition) is 2. The van der Waals surface area contributed by atoms with E-state index in [2.05, 4.69) is 20.1 Å². The van der Waals surface area contributed by atoms with Gasteiger partial charge in [-0.2, -0.15) is 5.10 Å². The number of rotatable bonds is 4. The number of ketones is 1. The number of halogens is 1. The third-order valence-corrected chi connectivity index (χ3v) is 6.76. The number of nitrogens with zero attached hydrogens (tertiary/aromatic N) is 3. The maximum atomic E-state index is 14.6. The van der Waals surface area contributed by atoms with E-state index in [9.17, 15) is 14.3 Å². The van der Waals surface area contributed by atoms with Gasteiger partial charge in [0.15, 0.2) is 5.78 Å². The first-order valence-electron chi connectivity index (χ1n) is 11.4. The zero-order valence-electron chi connectivity index (χ0n) is 19.2. The summed E-state index contributed by atoms with van der Waals surface area (Å²) in [5.41, 5.74) is 2.24. The third-order valence-electron chi connectivity index (χ3n) is 6.76. The highest BCUT2D eigenvalue weighted by Gasteiger charge is 2.29. The van der Waals surface area contributed by atoms with E-state index >= 15 is 0 Å². The first kappa shape index (κ1) is 22.3. The number of carbonyl (C=O) groups is 1. The number of carbonyl (C=O) groups excluding carboxylic acids is 1. The molecule has 0 unspecified atom stereocenters. The van der Waals surface area contributed by atoms with Crippen LogP contribution < -0.4 is 20.3 Å². The normalized spacial score (nSPS) is 19.6. The molecule has 0 aliphatic carbocycles. The average molecular weight is 463 g/mol. The highest BCUT2D eigenvalue weighted by Crippen LogP contribution is 2.31. The second kappa shape index (κ2) is 8.68. The summed E-state index contributed by atoms with van der Waals surface area (Å²) in [5.74, 6) is -1.18. The summed E-state index contributed by atoms with van der Waals surface area (Å²) >= 11 is 0. The van der Waals surface area contributed by atoms with Gasteiger partial charge >= 0.3 is 0 Å². The van der Waals surface area contributed by atoms with Gasteiger partial charge < -0.3 is 14.7 Å². The van der Waals surface area contributed by atoms with Crippen molar-refractivity contribution >= 4 is 17.5 Å². The predicted molar refractivity (Wildman–Crippen MR) is 127 cm³/mol. The minimum atomic E-state index is -0.775. The molecule has 1 saturated heterocycles. The fourth-order valence-electron chi connectivity index (χ4n) is 4.67. The number of Topliss-reactive ketones (excluding diaryl/α,β-unsaturated/α-hetero) is 1. The SMILES string of the molecule is COc1cccc(F)c1[C@H]1CN=c2c(-c3ccc(N4CCC(C)(O)CC4)cc3)n[nH]c2=CC1=O. The van der Waals surface area contributed by atoms with Crippen LogP contribution in [0.25, 0.3) is 17.3 Å². The summed E-state index contributed by atoms with van der Waals surface area (Å²) in [4.78, 5) is 19.9. The van der Waals surface area contributed by atoms with E-state index < -0.39 is 17.3 Å². The van der Waals surface area contributed by atoms with E-state index in [1.165, 1.54) is 19.3 Å². The van der Waals surface area contributed by atoms with Crippen LogP contribution in [0, 0.1) is 5.82 Å². The molecule has 0 spiro atoms. The fraction of sp³-hybridized carbons (Fsp3) is 0.346. The van der Waals surface area contributed by atoms with Crippen molar-refractivity contribution in [2.75, 3.05) is 31.6 Å². The van der Waals surface area contributed by atoms with Crippen LogP contribution in [-0.2, 0) is 4.79 Å². The molecular formula is C26H27FN4O3. The number of aromatic amines is 1. The minimum absolute atomic E-state index is 0.0952. The first-order chi connectivity index (χ1) is 16.4. The molecule has 2 aliphatic heterocycles. The molecule has 0 bridgehead atoms. The van der Waals surface area contributed by atoms with Crippen LogP contribution in [0.5, 0.6) is 5.75 Å². The molecule has 2 aliphatic rings. The van der Waals surface area contributed by atoms with Crippen LogP contribution in [0.4, 0.5) is 10.1 Å². The lowest BCUT2D eigenvalue weighted by molar-refractivity contribution is -0.114. The summed E-state index contributed by atoms with van der Waals surface area (Å²) in [6, 6.07) is 12.6. The van der Waals surface area contributed by atoms with Gasteiger partial charge in [0.1, 0.15) is 22.6 Å². The topological polar surface area (TPSA) is 90.8 Å². The van der Waals surface area contributed by atoms with Crippen molar-refractivity contribution in [1.29, 1.82) is 0 Å². The van der Waals surface area contributed by atoms with E-state index in [1.54, 1.807) is 12.1 Å². The number of aliphatic hydroxyl groups is 1. The Balaban J connectivity index is 1.45. The largest absolute Gasteiger partial charge is 0.496 e. The Morgan fingerprint density at radius 2 is 1.91 bits per heavy atom. The maximum Gasteiger partial charge on any atom is 0.167 e. The Morgan fingerprint density at radius 1 is 1.18 bits per heavy atom. The lowest BCUT2D eigenvalue weighted by atomic mass is 9.93. The fourth-order valence-corrected chi connectivity index (χ4v) is 4.67. The van der Waals surface area contributed by atoms with Crippen molar-refractivity contribution in [3.8, 4) is 17.0 Å². The molecule has 0 amide bonds. The van der Waals surface area contributed by atoms with Gasteiger partial charge in [-0.3, -0.25) is 14.9 Å². The monoisotopic (exact) mass is 462 g/mol. The number of aromatic nitrogens is 2. The molecule has 2 aromatic carbocycles. The number of benzene rings is 2. The summed E-state index contributed by atoms with van der Waals surface area (Å²) in [6.07, 6.45) is 2.92. The first-order valence-corrected chi connectivity index (χ1v) is 11.4. The Labute approximate surface area is 196 Å². The average Bonchev–Trinajstić information content (AvgIpc) is 3.14. The van der Waals surface area contributed by atoms with Crippen LogP contribution in [0.1, 0.15) is 31.2 Å². The Bertz CT molecular complexity index is 1340. The van der Waals surface area contributed by atoms with Gasteiger partial charge in [-0.15, -0.1) is 0 Å². The molecule has 0 saturated carbocycles. The summed E-state index contributed by atoms with van der Waals surface area (Å²) in [6.45, 7) is 3.58. The Morgan fingerprint density at radius 3 is 2.62 bits per heavy atom. The van der Waals surface area contributed by atoms with Gasteiger partial charge in [0, 0.05) is 36.0 Å². The number of fused-ring (bicyclic) bond motifs is 1. The molecule has 2 N–H and O–H groups in total. The number of piperidine rings is 1. The zero-order chi connectivity index (χ0) is 23.9. The molecule has 176 valence electrons. The lowest BCUT2D eigenvalue weighted by Crippen LogP contribution is -2.42. The van der Waals surface area contributed by atoms with Crippen molar-refractivity contribution in [3.05, 3.63) is 64.6 Å². The van der Waals surface area contributed by atoms with Crippen LogP contribution >= 0.6 is 0 Å². The molecule has 3 heterocycles. The van der Waals surface area contributed by atoms with Gasteiger partial charge in [-0.05, 0) is 44.0 Å². The molecule has 0 radical (unpaired) electrons. The smallest absolute Gasteiger partial charge is 0.167 e. The molecular weight excluding hydrogens is 435 g/mol. The summed E-state index contributed by atoms with van der Waals surface area (Å²) < 4.78 is 19.9. The number of anilines is 1. The van der Waals surface area contributed by atoms with Crippen LogP contribution in [-0.4, -0.2) is 53.4 Å². The van der Waals surface area contributed by atoms with E-state index in [0.29, 0.717) is 22.1 Å². The van der Waals surface area contributed by atoms with Gasteiger partial charge in [-0.25, -0.2) is 4.39 Å². The molecule has 1 fully saturated rings. The van der Waals surface area contributed by atoms with E-state index in [1.807, 2.05) is 31.2 Å². The number of H-pyrrole nitrogens is 1. The van der Waals surface area contributed by atoms with Crippen molar-refractivity contribution in [2.45, 2.75) is 31.3 Å².